The molecule has 5 aromatic rings. The molecule has 2 aliphatic heterocycles. The Morgan fingerprint density at radius 3 is 1.91 bits per heavy atom. The van der Waals surface area contributed by atoms with Crippen LogP contribution in [-0.2, 0) is 63.0 Å². The Bertz CT molecular complexity index is 2880. The number of amides is 2. The van der Waals surface area contributed by atoms with Gasteiger partial charge in [0.1, 0.15) is 29.3 Å². The standard InChI is InChI=1S/C48H48N4O9S2.Zn/c1-30-19-23-35(24-20-30)62(56,57)43-41(32-13-8-6-9-14-32)37(49-45(43)51-39(53)17-12-18-40(54)61-29-34-28-60-34)27-38-42(33-15-10-7-11-16-33)44(46(50-38)52-47(55)48(3,4)5)63(58,59)36-25-21-31(2)22-26-36;/h6-11,13-16,19-27,34H,12,17-18,28-29H2,1-5H3,(H3,49,50,51,52,53,55);/q;+2/p-1. The van der Waals surface area contributed by atoms with Gasteiger partial charge in [-0.15, -0.1) is 0 Å². The Morgan fingerprint density at radius 2 is 1.36 bits per heavy atom. The van der Waals surface area contributed by atoms with Crippen molar-refractivity contribution in [2.24, 2.45) is 10.4 Å². The maximum absolute atomic E-state index is 14.9. The van der Waals surface area contributed by atoms with Crippen LogP contribution in [0.15, 0.2) is 139 Å². The predicted molar refractivity (Wildman–Crippen MR) is 241 cm³/mol. The Hall–Kier alpha value is -5.80. The maximum atomic E-state index is 14.9. The number of nitrogens with zero attached hydrogens (tertiary/aromatic N) is 2. The van der Waals surface area contributed by atoms with E-state index in [9.17, 15) is 31.2 Å². The molecule has 0 radical (unpaired) electrons. The van der Waals surface area contributed by atoms with E-state index >= 15 is 0 Å². The number of aryl methyl sites for hydroxylation is 2. The number of epoxide rings is 1. The van der Waals surface area contributed by atoms with E-state index in [1.807, 2.05) is 13.8 Å². The molecule has 1 atom stereocenters. The SMILES string of the molecule is Cc1ccc(S(=O)(=O)C2=C(c3ccccc3)/C(=C/c3[nH]c(NC(=O)C(C)(C)C)c(S(=O)(=O)c4ccc(C)cc4)c3-c3ccccc3)[N-]C2=NC(=O)CCCC(=O)OCC2CO2)cc1.[Zn+2]. The van der Waals surface area contributed by atoms with Crippen LogP contribution in [0.3, 0.4) is 0 Å². The second-order valence-corrected chi connectivity index (χ2v) is 20.1. The summed E-state index contributed by atoms with van der Waals surface area (Å²) in [6.45, 7) is 9.41. The van der Waals surface area contributed by atoms with Crippen molar-refractivity contribution in [3.8, 4) is 11.1 Å². The minimum absolute atomic E-state index is 0. The zero-order valence-electron chi connectivity index (χ0n) is 36.2. The van der Waals surface area contributed by atoms with Crippen molar-refractivity contribution in [1.29, 1.82) is 0 Å². The Balaban J connectivity index is 0.00000680. The van der Waals surface area contributed by atoms with Crippen LogP contribution < -0.4 is 5.32 Å². The molecule has 1 aromatic heterocycles. The van der Waals surface area contributed by atoms with Gasteiger partial charge in [0.25, 0.3) is 0 Å². The molecule has 326 valence electrons. The smallest absolute Gasteiger partial charge is 0.463 e. The number of hydrogen-bond acceptors (Lipinski definition) is 9. The molecule has 64 heavy (non-hydrogen) atoms. The molecule has 1 saturated heterocycles. The molecular formula is C48H47N4O9S2Zn+. The summed E-state index contributed by atoms with van der Waals surface area (Å²) in [6, 6.07) is 29.9. The number of esters is 1. The van der Waals surface area contributed by atoms with E-state index in [4.69, 9.17) is 14.8 Å². The molecule has 2 N–H and O–H groups in total. The zero-order chi connectivity index (χ0) is 45.1. The van der Waals surface area contributed by atoms with E-state index in [-0.39, 0.29) is 105 Å². The minimum atomic E-state index is -4.46. The number of benzene rings is 4. The Labute approximate surface area is 386 Å². The van der Waals surface area contributed by atoms with Gasteiger partial charge in [-0.1, -0.05) is 117 Å². The minimum Gasteiger partial charge on any atom is -0.463 e. The summed E-state index contributed by atoms with van der Waals surface area (Å²) in [6.07, 6.45) is 1.20. The molecule has 0 bridgehead atoms. The normalized spacial score (nSPS) is 16.3. The quantitative estimate of drug-likeness (QED) is 0.0621. The number of H-pyrrole nitrogens is 1. The molecule has 0 aliphatic carbocycles. The first-order valence-corrected chi connectivity index (χ1v) is 23.3. The molecule has 7 rings (SSSR count). The molecular weight excluding hydrogens is 906 g/mol. The molecule has 3 heterocycles. The number of aliphatic imine (C=N–C) groups is 1. The van der Waals surface area contributed by atoms with Crippen molar-refractivity contribution >= 4 is 60.8 Å². The predicted octanol–water partition coefficient (Wildman–Crippen LogP) is 8.76. The topological polar surface area (TPSA) is 196 Å². The molecule has 16 heteroatoms. The fraction of sp³-hybridized carbons (Fsp3) is 0.250. The second-order valence-electron chi connectivity index (χ2n) is 16.4. The van der Waals surface area contributed by atoms with E-state index in [1.54, 1.807) is 106 Å². The molecule has 13 nitrogen and oxygen atoms in total. The van der Waals surface area contributed by atoms with Crippen LogP contribution in [0.25, 0.3) is 28.1 Å². The van der Waals surface area contributed by atoms with E-state index in [1.165, 1.54) is 30.3 Å². The van der Waals surface area contributed by atoms with Gasteiger partial charge in [0, 0.05) is 35.1 Å². The number of hydrogen-bond donors (Lipinski definition) is 2. The van der Waals surface area contributed by atoms with Crippen molar-refractivity contribution in [3.05, 3.63) is 147 Å². The Morgan fingerprint density at radius 1 is 0.812 bits per heavy atom. The van der Waals surface area contributed by atoms with Gasteiger partial charge in [0.05, 0.1) is 21.3 Å². The first-order chi connectivity index (χ1) is 29.9. The van der Waals surface area contributed by atoms with Gasteiger partial charge >= 0.3 is 25.4 Å². The number of aromatic amines is 1. The summed E-state index contributed by atoms with van der Waals surface area (Å²) < 4.78 is 69.8. The number of rotatable bonds is 14. The van der Waals surface area contributed by atoms with Crippen molar-refractivity contribution in [2.75, 3.05) is 18.5 Å². The summed E-state index contributed by atoms with van der Waals surface area (Å²) in [5.74, 6) is -2.19. The van der Waals surface area contributed by atoms with E-state index in [2.05, 4.69) is 15.3 Å². The Kier molecular flexibility index (Phi) is 14.5. The van der Waals surface area contributed by atoms with Crippen LogP contribution in [-0.4, -0.2) is 64.8 Å². The zero-order valence-corrected chi connectivity index (χ0v) is 40.8. The molecule has 2 amide bonds. The summed E-state index contributed by atoms with van der Waals surface area (Å²) in [5.41, 5.74) is 2.09. The monoisotopic (exact) mass is 951 g/mol. The average Bonchev–Trinajstić information content (AvgIpc) is 3.91. The number of amidine groups is 1. The van der Waals surface area contributed by atoms with E-state index < -0.39 is 42.9 Å². The van der Waals surface area contributed by atoms with Crippen molar-refractivity contribution < 1.29 is 60.2 Å². The van der Waals surface area contributed by atoms with Gasteiger partial charge in [0.15, 0.2) is 0 Å². The van der Waals surface area contributed by atoms with Crippen molar-refractivity contribution in [1.82, 2.24) is 4.98 Å². The number of nitrogens with one attached hydrogen (secondary N) is 2. The number of carbonyl (C=O) groups excluding carboxylic acids is 3. The van der Waals surface area contributed by atoms with Crippen LogP contribution >= 0.6 is 0 Å². The summed E-state index contributed by atoms with van der Waals surface area (Å²) in [5, 5.41) is 7.57. The van der Waals surface area contributed by atoms with Crippen molar-refractivity contribution in [2.45, 2.75) is 74.7 Å². The summed E-state index contributed by atoms with van der Waals surface area (Å²) in [4.78, 5) is 46.3. The average molecular weight is 953 g/mol. The third kappa shape index (κ3) is 10.8. The van der Waals surface area contributed by atoms with Crippen LogP contribution in [0.5, 0.6) is 0 Å². The van der Waals surface area contributed by atoms with Crippen LogP contribution in [0.2, 0.25) is 0 Å². The number of allylic oxidation sites excluding steroid dienone is 1. The number of sulfone groups is 2. The fourth-order valence-electron chi connectivity index (χ4n) is 6.71. The fourth-order valence-corrected chi connectivity index (χ4v) is 9.86. The molecule has 4 aromatic carbocycles. The third-order valence-electron chi connectivity index (χ3n) is 10.3. The van der Waals surface area contributed by atoms with Gasteiger partial charge in [0.2, 0.25) is 25.6 Å². The number of anilines is 1. The molecule has 0 saturated carbocycles. The van der Waals surface area contributed by atoms with Crippen LogP contribution in [0, 0.1) is 19.3 Å². The third-order valence-corrected chi connectivity index (χ3v) is 13.9. The molecule has 0 spiro atoms. The van der Waals surface area contributed by atoms with Crippen LogP contribution in [0.1, 0.15) is 62.4 Å². The molecule has 2 aliphatic rings. The first-order valence-electron chi connectivity index (χ1n) is 20.3. The largest absolute Gasteiger partial charge is 2.00 e. The summed E-state index contributed by atoms with van der Waals surface area (Å²) in [7, 11) is -8.84. The molecule has 1 unspecified atom stereocenters. The maximum Gasteiger partial charge on any atom is 2.00 e. The van der Waals surface area contributed by atoms with Gasteiger partial charge in [-0.05, 0) is 73.3 Å². The van der Waals surface area contributed by atoms with Gasteiger partial charge in [-0.3, -0.25) is 14.4 Å². The van der Waals surface area contributed by atoms with Gasteiger partial charge in [-0.25, -0.2) is 16.8 Å². The second kappa shape index (κ2) is 19.5. The van der Waals surface area contributed by atoms with Crippen LogP contribution in [0.4, 0.5) is 5.82 Å². The number of aromatic nitrogens is 1. The van der Waals surface area contributed by atoms with Gasteiger partial charge < -0.3 is 30.1 Å². The van der Waals surface area contributed by atoms with Gasteiger partial charge in [-0.2, -0.15) is 0 Å². The number of ether oxygens (including phenoxy) is 2. The molecule has 1 fully saturated rings. The van der Waals surface area contributed by atoms with Crippen molar-refractivity contribution in [3.63, 3.8) is 0 Å². The summed E-state index contributed by atoms with van der Waals surface area (Å²) >= 11 is 0. The van der Waals surface area contributed by atoms with E-state index in [0.717, 1.165) is 11.1 Å². The first kappa shape index (κ1) is 47.7. The van der Waals surface area contributed by atoms with E-state index in [0.29, 0.717) is 17.7 Å². The number of carbonyl (C=O) groups is 3.